The molecule has 32 heavy (non-hydrogen) atoms. The van der Waals surface area contributed by atoms with Gasteiger partial charge in [-0.3, -0.25) is 9.59 Å². The number of alkyl halides is 2. The molecule has 0 spiro atoms. The average molecular weight is 538 g/mol. The minimum atomic E-state index is -1.33. The van der Waals surface area contributed by atoms with Gasteiger partial charge in [0.1, 0.15) is 4.33 Å². The Morgan fingerprint density at radius 1 is 1.03 bits per heavy atom. The second kappa shape index (κ2) is 9.09. The Morgan fingerprint density at radius 3 is 2.25 bits per heavy atom. The molecule has 170 valence electrons. The van der Waals surface area contributed by atoms with Crippen molar-refractivity contribution in [3.05, 3.63) is 56.5 Å². The summed E-state index contributed by atoms with van der Waals surface area (Å²) in [6, 6.07) is 8.06. The van der Waals surface area contributed by atoms with Gasteiger partial charge in [-0.05, 0) is 35.9 Å². The van der Waals surface area contributed by atoms with Gasteiger partial charge < -0.3 is 20.7 Å². The van der Waals surface area contributed by atoms with Gasteiger partial charge in [0.25, 0.3) is 0 Å². The van der Waals surface area contributed by atoms with Crippen molar-refractivity contribution in [1.82, 2.24) is 0 Å². The van der Waals surface area contributed by atoms with E-state index in [0.29, 0.717) is 53.3 Å². The summed E-state index contributed by atoms with van der Waals surface area (Å²) in [6.45, 7) is 2.21. The van der Waals surface area contributed by atoms with Crippen LogP contribution in [-0.4, -0.2) is 42.5 Å². The Hall–Kier alpha value is -1.41. The molecule has 2 unspecified atom stereocenters. The van der Waals surface area contributed by atoms with Crippen molar-refractivity contribution in [2.75, 3.05) is 36.5 Å². The lowest BCUT2D eigenvalue weighted by Crippen LogP contribution is -2.36. The maximum Gasteiger partial charge on any atom is 0.250 e. The number of ether oxygens (including phenoxy) is 1. The number of hydrogen-bond acceptors (Lipinski definition) is 4. The van der Waals surface area contributed by atoms with E-state index in [9.17, 15) is 9.59 Å². The fraction of sp³-hybridized carbons (Fsp3) is 0.333. The molecule has 3 N–H and O–H groups in total. The predicted molar refractivity (Wildman–Crippen MR) is 129 cm³/mol. The van der Waals surface area contributed by atoms with Gasteiger partial charge in [0.05, 0.1) is 35.4 Å². The van der Waals surface area contributed by atoms with Crippen molar-refractivity contribution < 1.29 is 14.3 Å². The van der Waals surface area contributed by atoms with E-state index in [2.05, 4.69) is 5.32 Å². The van der Waals surface area contributed by atoms with Crippen molar-refractivity contribution in [2.45, 2.75) is 10.3 Å². The summed E-state index contributed by atoms with van der Waals surface area (Å²) in [7, 11) is 0. The molecule has 2 fully saturated rings. The molecule has 1 saturated heterocycles. The van der Waals surface area contributed by atoms with Crippen LogP contribution in [0.1, 0.15) is 21.8 Å². The first-order valence-corrected chi connectivity index (χ1v) is 11.6. The molecule has 2 aromatic rings. The predicted octanol–water partition coefficient (Wildman–Crippen LogP) is 5.11. The van der Waals surface area contributed by atoms with Gasteiger partial charge in [-0.2, -0.15) is 0 Å². The summed E-state index contributed by atoms with van der Waals surface area (Å²) in [5, 5.41) is 3.85. The van der Waals surface area contributed by atoms with Crippen molar-refractivity contribution in [3.63, 3.8) is 0 Å². The monoisotopic (exact) mass is 535 g/mol. The van der Waals surface area contributed by atoms with Gasteiger partial charge in [-0.25, -0.2) is 0 Å². The lowest BCUT2D eigenvalue weighted by Gasteiger charge is -2.30. The van der Waals surface area contributed by atoms with E-state index in [0.717, 1.165) is 0 Å². The number of amides is 2. The van der Waals surface area contributed by atoms with E-state index in [1.54, 1.807) is 24.3 Å². The number of nitrogens with one attached hydrogen (secondary N) is 1. The Kier molecular flexibility index (Phi) is 6.74. The SMILES string of the molecule is NC(=O)c1cc(NC(=O)C2C(c3cc(Cl)cc(Cl)c3)C2(Cl)Cl)cc(N2CCOCC2)c1Cl. The smallest absolute Gasteiger partial charge is 0.250 e. The largest absolute Gasteiger partial charge is 0.378 e. The number of nitrogens with zero attached hydrogens (tertiary/aromatic N) is 1. The van der Waals surface area contributed by atoms with E-state index in [4.69, 9.17) is 68.5 Å². The number of nitrogens with two attached hydrogens (primary N) is 1. The summed E-state index contributed by atoms with van der Waals surface area (Å²) >= 11 is 31.5. The van der Waals surface area contributed by atoms with Crippen LogP contribution in [0.3, 0.4) is 0 Å². The number of anilines is 2. The lowest BCUT2D eigenvalue weighted by molar-refractivity contribution is -0.117. The number of carbonyl (C=O) groups is 2. The molecule has 0 bridgehead atoms. The quantitative estimate of drug-likeness (QED) is 0.520. The van der Waals surface area contributed by atoms with Crippen LogP contribution in [-0.2, 0) is 9.53 Å². The van der Waals surface area contributed by atoms with Crippen molar-refractivity contribution in [3.8, 4) is 0 Å². The third-order valence-corrected chi connectivity index (χ3v) is 7.29. The Morgan fingerprint density at radius 2 is 1.66 bits per heavy atom. The highest BCUT2D eigenvalue weighted by Crippen LogP contribution is 2.65. The molecular formula is C21H18Cl5N3O3. The molecule has 1 aliphatic heterocycles. The molecule has 2 aliphatic rings. The van der Waals surface area contributed by atoms with Crippen LogP contribution in [0.5, 0.6) is 0 Å². The Labute approximate surface area is 209 Å². The van der Waals surface area contributed by atoms with Gasteiger partial charge in [-0.15, -0.1) is 23.2 Å². The van der Waals surface area contributed by atoms with E-state index in [-0.39, 0.29) is 10.6 Å². The van der Waals surface area contributed by atoms with Crippen LogP contribution in [0, 0.1) is 5.92 Å². The van der Waals surface area contributed by atoms with Crippen molar-refractivity contribution in [1.29, 1.82) is 0 Å². The van der Waals surface area contributed by atoms with E-state index in [1.165, 1.54) is 6.07 Å². The lowest BCUT2D eigenvalue weighted by atomic mass is 10.1. The van der Waals surface area contributed by atoms with Crippen molar-refractivity contribution in [2.24, 2.45) is 11.7 Å². The molecule has 1 heterocycles. The molecule has 6 nitrogen and oxygen atoms in total. The molecule has 2 amide bonds. The highest BCUT2D eigenvalue weighted by molar-refractivity contribution is 6.53. The minimum absolute atomic E-state index is 0.0999. The standard InChI is InChI=1S/C21H18Cl5N3O3/c22-11-5-10(6-12(23)7-11)16-17(21(16,25)26)20(31)28-13-8-14(19(27)30)18(24)15(9-13)29-1-3-32-4-2-29/h5-9,16-17H,1-4H2,(H2,27,30)(H,28,31). The summed E-state index contributed by atoms with van der Waals surface area (Å²) < 4.78 is 4.04. The summed E-state index contributed by atoms with van der Waals surface area (Å²) in [5.41, 5.74) is 7.21. The highest BCUT2D eigenvalue weighted by atomic mass is 35.5. The third kappa shape index (κ3) is 4.63. The molecule has 0 aromatic heterocycles. The van der Waals surface area contributed by atoms with Gasteiger partial charge in [-0.1, -0.05) is 34.8 Å². The summed E-state index contributed by atoms with van der Waals surface area (Å²) in [6.07, 6.45) is 0. The third-order valence-electron chi connectivity index (χ3n) is 5.52. The van der Waals surface area contributed by atoms with Crippen LogP contribution in [0.4, 0.5) is 11.4 Å². The first kappa shape index (κ1) is 23.7. The van der Waals surface area contributed by atoms with Gasteiger partial charge in [0.2, 0.25) is 11.8 Å². The molecule has 11 heteroatoms. The molecule has 2 aromatic carbocycles. The van der Waals surface area contributed by atoms with E-state index in [1.807, 2.05) is 4.90 Å². The topological polar surface area (TPSA) is 84.7 Å². The Bertz CT molecular complexity index is 1070. The van der Waals surface area contributed by atoms with Gasteiger partial charge in [0.15, 0.2) is 0 Å². The first-order chi connectivity index (χ1) is 15.1. The maximum absolute atomic E-state index is 13.1. The first-order valence-electron chi connectivity index (χ1n) is 9.70. The van der Waals surface area contributed by atoms with Crippen LogP contribution >= 0.6 is 58.0 Å². The second-order valence-corrected chi connectivity index (χ2v) is 10.3. The van der Waals surface area contributed by atoms with Crippen LogP contribution in [0.2, 0.25) is 15.1 Å². The fourth-order valence-corrected chi connectivity index (χ4v) is 5.63. The van der Waals surface area contributed by atoms with E-state index >= 15 is 0 Å². The van der Waals surface area contributed by atoms with Crippen molar-refractivity contribution >= 4 is 81.2 Å². The maximum atomic E-state index is 13.1. The molecule has 1 saturated carbocycles. The summed E-state index contributed by atoms with van der Waals surface area (Å²) in [4.78, 5) is 27.0. The zero-order valence-electron chi connectivity index (χ0n) is 16.5. The van der Waals surface area contributed by atoms with Crippen LogP contribution in [0.25, 0.3) is 0 Å². The number of morpholine rings is 1. The molecule has 1 aliphatic carbocycles. The molecule has 0 radical (unpaired) electrons. The number of halogens is 5. The van der Waals surface area contributed by atoms with E-state index < -0.39 is 28.0 Å². The number of rotatable bonds is 5. The second-order valence-electron chi connectivity index (χ2n) is 7.64. The molecular weight excluding hydrogens is 520 g/mol. The van der Waals surface area contributed by atoms with Gasteiger partial charge in [0, 0.05) is 34.7 Å². The number of primary amides is 1. The van der Waals surface area contributed by atoms with Crippen LogP contribution < -0.4 is 16.0 Å². The zero-order chi connectivity index (χ0) is 23.2. The zero-order valence-corrected chi connectivity index (χ0v) is 20.3. The molecule has 2 atom stereocenters. The normalized spacial score (nSPS) is 21.8. The van der Waals surface area contributed by atoms with Gasteiger partial charge >= 0.3 is 0 Å². The summed E-state index contributed by atoms with van der Waals surface area (Å²) in [5.74, 6) is -2.37. The number of benzene rings is 2. The number of carbonyl (C=O) groups excluding carboxylic acids is 2. The molecule has 4 rings (SSSR count). The average Bonchev–Trinajstić information content (AvgIpc) is 3.31. The fourth-order valence-electron chi connectivity index (χ4n) is 3.94. The number of hydrogen-bond donors (Lipinski definition) is 2. The minimum Gasteiger partial charge on any atom is -0.378 e. The van der Waals surface area contributed by atoms with Crippen LogP contribution in [0.15, 0.2) is 30.3 Å². The Balaban J connectivity index is 1.61. The highest BCUT2D eigenvalue weighted by Gasteiger charge is 2.67.